The molecule has 1 N–H and O–H groups in total. The van der Waals surface area contributed by atoms with Crippen molar-refractivity contribution in [1.29, 1.82) is 0 Å². The van der Waals surface area contributed by atoms with Crippen molar-refractivity contribution in [2.45, 2.75) is 19.9 Å². The maximum atomic E-state index is 11.6. The van der Waals surface area contributed by atoms with E-state index in [-0.39, 0.29) is 24.2 Å². The molecular weight excluding hydrogens is 392 g/mol. The van der Waals surface area contributed by atoms with Crippen molar-refractivity contribution in [3.8, 4) is 17.0 Å². The number of ether oxygens (including phenoxy) is 1. The Hall–Kier alpha value is -3.46. The van der Waals surface area contributed by atoms with Crippen molar-refractivity contribution >= 4 is 34.3 Å². The Bertz CT molecular complexity index is 1180. The highest BCUT2D eigenvalue weighted by Crippen LogP contribution is 2.34. The fourth-order valence-electron chi connectivity index (χ4n) is 3.17. The largest absolute Gasteiger partial charge is 0.482 e. The number of aromatic nitrogens is 1. The number of hydrogen-bond acceptors (Lipinski definition) is 6. The van der Waals surface area contributed by atoms with Gasteiger partial charge in [0, 0.05) is 23.1 Å². The van der Waals surface area contributed by atoms with Gasteiger partial charge in [-0.15, -0.1) is 11.3 Å². The number of hydrogen-bond donors (Lipinski definition) is 1. The zero-order valence-corrected chi connectivity index (χ0v) is 16.6. The highest BCUT2D eigenvalue weighted by molar-refractivity contribution is 7.07. The molecule has 2 heterocycles. The van der Waals surface area contributed by atoms with Gasteiger partial charge >= 0.3 is 0 Å². The Morgan fingerprint density at radius 3 is 2.83 bits per heavy atom. The summed E-state index contributed by atoms with van der Waals surface area (Å²) in [5.74, 6) is 0.438. The first kappa shape index (κ1) is 18.9. The third-order valence-electron chi connectivity index (χ3n) is 4.46. The van der Waals surface area contributed by atoms with Gasteiger partial charge in [0.25, 0.3) is 11.6 Å². The summed E-state index contributed by atoms with van der Waals surface area (Å²) in [7, 11) is 0. The topological polar surface area (TPSA) is 98.8 Å². The average molecular weight is 410 g/mol. The average Bonchev–Trinajstić information content (AvgIpc) is 3.11. The van der Waals surface area contributed by atoms with Gasteiger partial charge in [-0.3, -0.25) is 14.9 Å². The van der Waals surface area contributed by atoms with E-state index >= 15 is 0 Å². The number of carbonyl (C=O) groups is 1. The Balaban J connectivity index is 1.84. The lowest BCUT2D eigenvalue weighted by Crippen LogP contribution is -2.25. The molecule has 1 aliphatic rings. The van der Waals surface area contributed by atoms with Crippen LogP contribution >= 0.6 is 11.3 Å². The molecule has 148 valence electrons. The van der Waals surface area contributed by atoms with Gasteiger partial charge in [0.05, 0.1) is 16.3 Å². The first-order chi connectivity index (χ1) is 13.9. The zero-order valence-electron chi connectivity index (χ0n) is 15.8. The van der Waals surface area contributed by atoms with E-state index in [0.29, 0.717) is 21.9 Å². The summed E-state index contributed by atoms with van der Waals surface area (Å²) in [6.07, 6.45) is 0. The molecule has 0 aliphatic carbocycles. The second-order valence-electron chi connectivity index (χ2n) is 6.77. The van der Waals surface area contributed by atoms with Crippen LogP contribution in [0.3, 0.4) is 0 Å². The Morgan fingerprint density at radius 1 is 1.28 bits per heavy atom. The second kappa shape index (κ2) is 7.51. The standard InChI is InChI=1S/C20H18N4O4S/c1-12(2)23-17(13-7-8-18-15(9-13)21-19(25)10-28-18)11-29-20(23)22-14-5-3-4-6-16(14)24(26)27/h3-9,11-12H,10H2,1-2H3,(H,21,25). The van der Waals surface area contributed by atoms with Crippen LogP contribution in [0.5, 0.6) is 5.75 Å². The number of nitrogens with one attached hydrogen (secondary N) is 1. The van der Waals surface area contributed by atoms with Crippen molar-refractivity contribution in [3.63, 3.8) is 0 Å². The number of amides is 1. The molecule has 29 heavy (non-hydrogen) atoms. The number of anilines is 1. The number of carbonyl (C=O) groups excluding carboxylic acids is 1. The Labute approximate surface area is 170 Å². The molecule has 8 nitrogen and oxygen atoms in total. The summed E-state index contributed by atoms with van der Waals surface area (Å²) >= 11 is 1.41. The SMILES string of the molecule is CC(C)n1c(-c2ccc3c(c2)NC(=O)CO3)csc1=Nc1ccccc1[N+](=O)[O-]. The van der Waals surface area contributed by atoms with E-state index in [4.69, 9.17) is 4.74 Å². The molecule has 0 atom stereocenters. The molecule has 1 amide bonds. The third-order valence-corrected chi connectivity index (χ3v) is 5.30. The molecule has 2 aromatic carbocycles. The molecule has 9 heteroatoms. The van der Waals surface area contributed by atoms with Gasteiger partial charge in [-0.2, -0.15) is 0 Å². The van der Waals surface area contributed by atoms with Crippen LogP contribution in [0.15, 0.2) is 52.8 Å². The van der Waals surface area contributed by atoms with Gasteiger partial charge in [0.15, 0.2) is 11.4 Å². The number of benzene rings is 2. The van der Waals surface area contributed by atoms with E-state index in [9.17, 15) is 14.9 Å². The lowest BCUT2D eigenvalue weighted by atomic mass is 10.1. The van der Waals surface area contributed by atoms with Crippen molar-refractivity contribution in [1.82, 2.24) is 4.57 Å². The lowest BCUT2D eigenvalue weighted by molar-refractivity contribution is -0.384. The summed E-state index contributed by atoms with van der Waals surface area (Å²) in [4.78, 5) is 27.7. The smallest absolute Gasteiger partial charge is 0.294 e. The van der Waals surface area contributed by atoms with Crippen LogP contribution < -0.4 is 14.9 Å². The van der Waals surface area contributed by atoms with Gasteiger partial charge in [-0.1, -0.05) is 12.1 Å². The number of nitrogens with zero attached hydrogens (tertiary/aromatic N) is 3. The molecule has 1 aromatic heterocycles. The first-order valence-corrected chi connectivity index (χ1v) is 9.87. The first-order valence-electron chi connectivity index (χ1n) is 8.99. The fraction of sp³-hybridized carbons (Fsp3) is 0.200. The molecule has 0 saturated heterocycles. The molecule has 0 saturated carbocycles. The summed E-state index contributed by atoms with van der Waals surface area (Å²) in [6.45, 7) is 4.06. The molecule has 0 bridgehead atoms. The number of thiazole rings is 1. The van der Waals surface area contributed by atoms with E-state index in [1.807, 2.05) is 42.0 Å². The van der Waals surface area contributed by atoms with Crippen LogP contribution in [0.4, 0.5) is 17.1 Å². The summed E-state index contributed by atoms with van der Waals surface area (Å²) < 4.78 is 7.45. The van der Waals surface area contributed by atoms with Crippen LogP contribution in [0.25, 0.3) is 11.3 Å². The van der Waals surface area contributed by atoms with Gasteiger partial charge < -0.3 is 14.6 Å². The van der Waals surface area contributed by atoms with Crippen LogP contribution in [0.1, 0.15) is 19.9 Å². The number of rotatable bonds is 4. The van der Waals surface area contributed by atoms with Crippen LogP contribution in [-0.4, -0.2) is 22.0 Å². The fourth-order valence-corrected chi connectivity index (χ4v) is 4.21. The highest BCUT2D eigenvalue weighted by atomic mass is 32.1. The lowest BCUT2D eigenvalue weighted by Gasteiger charge is -2.19. The van der Waals surface area contributed by atoms with Crippen LogP contribution in [0, 0.1) is 10.1 Å². The summed E-state index contributed by atoms with van der Waals surface area (Å²) in [5, 5.41) is 16.1. The molecule has 0 spiro atoms. The van der Waals surface area contributed by atoms with E-state index in [0.717, 1.165) is 11.3 Å². The monoisotopic (exact) mass is 410 g/mol. The maximum Gasteiger partial charge on any atom is 0.294 e. The van der Waals surface area contributed by atoms with Crippen LogP contribution in [-0.2, 0) is 4.79 Å². The van der Waals surface area contributed by atoms with E-state index in [1.54, 1.807) is 18.2 Å². The van der Waals surface area contributed by atoms with Gasteiger partial charge in [-0.05, 0) is 38.1 Å². The zero-order chi connectivity index (χ0) is 20.5. The quantitative estimate of drug-likeness (QED) is 0.513. The maximum absolute atomic E-state index is 11.6. The molecule has 0 fully saturated rings. The molecule has 3 aromatic rings. The third kappa shape index (κ3) is 3.64. The normalized spacial score (nSPS) is 13.8. The van der Waals surface area contributed by atoms with Crippen molar-refractivity contribution in [2.24, 2.45) is 4.99 Å². The number of nitro benzene ring substituents is 1. The minimum absolute atomic E-state index is 0.00960. The summed E-state index contributed by atoms with van der Waals surface area (Å²) in [5.41, 5.74) is 2.70. The summed E-state index contributed by atoms with van der Waals surface area (Å²) in [6, 6.07) is 12.1. The molecule has 4 rings (SSSR count). The van der Waals surface area contributed by atoms with Gasteiger partial charge in [0.2, 0.25) is 0 Å². The second-order valence-corrected chi connectivity index (χ2v) is 7.61. The predicted octanol–water partition coefficient (Wildman–Crippen LogP) is 4.27. The van der Waals surface area contributed by atoms with Crippen molar-refractivity contribution in [3.05, 3.63) is 62.8 Å². The Morgan fingerprint density at radius 2 is 2.07 bits per heavy atom. The highest BCUT2D eigenvalue weighted by Gasteiger charge is 2.19. The molecule has 0 radical (unpaired) electrons. The molecule has 0 unspecified atom stereocenters. The van der Waals surface area contributed by atoms with Gasteiger partial charge in [0.1, 0.15) is 11.4 Å². The number of fused-ring (bicyclic) bond motifs is 1. The predicted molar refractivity (Wildman–Crippen MR) is 111 cm³/mol. The van der Waals surface area contributed by atoms with Crippen molar-refractivity contribution in [2.75, 3.05) is 11.9 Å². The molecule has 1 aliphatic heterocycles. The minimum Gasteiger partial charge on any atom is -0.482 e. The van der Waals surface area contributed by atoms with E-state index in [2.05, 4.69) is 10.3 Å². The number of para-hydroxylation sites is 2. The van der Waals surface area contributed by atoms with Gasteiger partial charge in [-0.25, -0.2) is 4.99 Å². The molecular formula is C20H18N4O4S. The number of nitro groups is 1. The van der Waals surface area contributed by atoms with Crippen LogP contribution in [0.2, 0.25) is 0 Å². The Kier molecular flexibility index (Phi) is 4.89. The minimum atomic E-state index is -0.431. The van der Waals surface area contributed by atoms with E-state index < -0.39 is 4.92 Å². The van der Waals surface area contributed by atoms with Crippen molar-refractivity contribution < 1.29 is 14.5 Å². The van der Waals surface area contributed by atoms with E-state index in [1.165, 1.54) is 17.4 Å².